The number of anilines is 1. The maximum absolute atomic E-state index is 12.8. The predicted molar refractivity (Wildman–Crippen MR) is 126 cm³/mol. The number of rotatable bonds is 9. The van der Waals surface area contributed by atoms with E-state index in [4.69, 9.17) is 0 Å². The van der Waals surface area contributed by atoms with Crippen LogP contribution in [0, 0.1) is 5.92 Å². The molecule has 1 aromatic heterocycles. The van der Waals surface area contributed by atoms with E-state index < -0.39 is 0 Å². The molecule has 1 saturated carbocycles. The molecule has 3 rings (SSSR count). The van der Waals surface area contributed by atoms with Crippen molar-refractivity contribution in [2.45, 2.75) is 43.5 Å². The number of carbonyl (C=O) groups is 2. The lowest BCUT2D eigenvalue weighted by Gasteiger charge is -2.21. The smallest absolute Gasteiger partial charge is 0.252 e. The largest absolute Gasteiger partial charge is 0.363 e. The molecule has 6 nitrogen and oxygen atoms in total. The minimum atomic E-state index is -0.145. The molecule has 0 bridgehead atoms. The molecule has 31 heavy (non-hydrogen) atoms. The zero-order valence-electron chi connectivity index (χ0n) is 18.4. The van der Waals surface area contributed by atoms with Crippen molar-refractivity contribution in [1.29, 1.82) is 0 Å². The minimum Gasteiger partial charge on any atom is -0.363 e. The molecular formula is C24H32N4O2S. The number of nitrogens with zero attached hydrogens (tertiary/aromatic N) is 2. The standard InChI is InChI=1S/C24H32N4O2S/c1-28(2)22-14-19(12-13-25-22)16-27-24(30)20-10-6-7-11-21(20)31-17-23(29)26-15-18-8-4-3-5-9-18/h6-7,10-14,18H,3-5,8-9,15-17H2,1-2H3,(H,26,29)(H,27,30). The number of amides is 2. The molecule has 0 radical (unpaired) electrons. The van der Waals surface area contributed by atoms with Crippen LogP contribution in [-0.2, 0) is 11.3 Å². The molecule has 0 aliphatic heterocycles. The third-order valence-electron chi connectivity index (χ3n) is 5.52. The van der Waals surface area contributed by atoms with Crippen molar-refractivity contribution >= 4 is 29.4 Å². The molecule has 0 saturated heterocycles. The summed E-state index contributed by atoms with van der Waals surface area (Å²) in [5.74, 6) is 1.66. The summed E-state index contributed by atoms with van der Waals surface area (Å²) < 4.78 is 0. The van der Waals surface area contributed by atoms with Crippen LogP contribution in [0.25, 0.3) is 0 Å². The molecule has 2 amide bonds. The number of pyridine rings is 1. The maximum atomic E-state index is 12.8. The zero-order chi connectivity index (χ0) is 22.1. The van der Waals surface area contributed by atoms with E-state index in [1.165, 1.54) is 43.9 Å². The molecule has 1 heterocycles. The number of hydrogen-bond acceptors (Lipinski definition) is 5. The van der Waals surface area contributed by atoms with Gasteiger partial charge in [-0.25, -0.2) is 4.98 Å². The van der Waals surface area contributed by atoms with Crippen molar-refractivity contribution in [3.8, 4) is 0 Å². The van der Waals surface area contributed by atoms with Crippen molar-refractivity contribution in [3.63, 3.8) is 0 Å². The minimum absolute atomic E-state index is 0.0267. The van der Waals surface area contributed by atoms with Crippen molar-refractivity contribution in [1.82, 2.24) is 15.6 Å². The number of aromatic nitrogens is 1. The van der Waals surface area contributed by atoms with Gasteiger partial charge in [0.25, 0.3) is 5.91 Å². The fourth-order valence-electron chi connectivity index (χ4n) is 3.72. The molecule has 0 unspecified atom stereocenters. The van der Waals surface area contributed by atoms with Crippen molar-refractivity contribution in [2.24, 2.45) is 5.92 Å². The summed E-state index contributed by atoms with van der Waals surface area (Å²) in [7, 11) is 3.87. The van der Waals surface area contributed by atoms with E-state index in [1.54, 1.807) is 12.3 Å². The first-order chi connectivity index (χ1) is 15.0. The van der Waals surface area contributed by atoms with Gasteiger partial charge in [0.1, 0.15) is 5.82 Å². The van der Waals surface area contributed by atoms with Gasteiger partial charge < -0.3 is 15.5 Å². The summed E-state index contributed by atoms with van der Waals surface area (Å²) >= 11 is 1.41. The molecule has 1 aliphatic rings. The van der Waals surface area contributed by atoms with Gasteiger partial charge in [0.2, 0.25) is 5.91 Å². The normalized spacial score (nSPS) is 14.1. The average Bonchev–Trinajstić information content (AvgIpc) is 2.81. The van der Waals surface area contributed by atoms with Gasteiger partial charge in [0, 0.05) is 38.3 Å². The number of benzene rings is 1. The van der Waals surface area contributed by atoms with Crippen molar-refractivity contribution in [2.75, 3.05) is 31.3 Å². The third kappa shape index (κ3) is 7.28. The first-order valence-electron chi connectivity index (χ1n) is 10.9. The number of nitrogens with one attached hydrogen (secondary N) is 2. The van der Waals surface area contributed by atoms with Crippen LogP contribution >= 0.6 is 11.8 Å². The van der Waals surface area contributed by atoms with E-state index in [2.05, 4.69) is 15.6 Å². The summed E-state index contributed by atoms with van der Waals surface area (Å²) in [6.45, 7) is 1.19. The summed E-state index contributed by atoms with van der Waals surface area (Å²) in [5.41, 5.74) is 1.58. The molecule has 166 valence electrons. The molecule has 1 fully saturated rings. The Labute approximate surface area is 189 Å². The van der Waals surface area contributed by atoms with Crippen LogP contribution < -0.4 is 15.5 Å². The van der Waals surface area contributed by atoms with Crippen LogP contribution in [0.1, 0.15) is 48.0 Å². The quantitative estimate of drug-likeness (QED) is 0.579. The average molecular weight is 441 g/mol. The highest BCUT2D eigenvalue weighted by Crippen LogP contribution is 2.24. The van der Waals surface area contributed by atoms with Crippen molar-refractivity contribution in [3.05, 3.63) is 53.7 Å². The van der Waals surface area contributed by atoms with Gasteiger partial charge in [-0.15, -0.1) is 11.8 Å². The molecule has 2 N–H and O–H groups in total. The molecule has 0 atom stereocenters. The van der Waals surface area contributed by atoms with E-state index >= 15 is 0 Å². The molecular weight excluding hydrogens is 408 g/mol. The van der Waals surface area contributed by atoms with Gasteiger partial charge in [-0.3, -0.25) is 9.59 Å². The lowest BCUT2D eigenvalue weighted by Crippen LogP contribution is -2.31. The first-order valence-corrected chi connectivity index (χ1v) is 11.9. The van der Waals surface area contributed by atoms with Crippen LogP contribution in [-0.4, -0.2) is 43.2 Å². The second-order valence-electron chi connectivity index (χ2n) is 8.19. The summed E-state index contributed by atoms with van der Waals surface area (Å²) in [4.78, 5) is 32.1. The van der Waals surface area contributed by atoms with E-state index in [-0.39, 0.29) is 11.8 Å². The van der Waals surface area contributed by atoms with Crippen LogP contribution in [0.15, 0.2) is 47.5 Å². The third-order valence-corrected chi connectivity index (χ3v) is 6.60. The van der Waals surface area contributed by atoms with E-state index in [9.17, 15) is 9.59 Å². The number of thioether (sulfide) groups is 1. The van der Waals surface area contributed by atoms with Crippen LogP contribution in [0.5, 0.6) is 0 Å². The van der Waals surface area contributed by atoms with E-state index in [0.717, 1.165) is 22.8 Å². The Morgan fingerprint density at radius 2 is 1.87 bits per heavy atom. The fraction of sp³-hybridized carbons (Fsp3) is 0.458. The Morgan fingerprint density at radius 3 is 2.65 bits per heavy atom. The lowest BCUT2D eigenvalue weighted by atomic mass is 9.89. The number of hydrogen-bond donors (Lipinski definition) is 2. The van der Waals surface area contributed by atoms with Gasteiger partial charge in [0.05, 0.1) is 11.3 Å². The summed E-state index contributed by atoms with van der Waals surface area (Å²) in [5, 5.41) is 6.04. The Morgan fingerprint density at radius 1 is 1.10 bits per heavy atom. The second kappa shape index (κ2) is 11.7. The Bertz CT molecular complexity index is 881. The highest BCUT2D eigenvalue weighted by atomic mass is 32.2. The Hall–Kier alpha value is -2.54. The predicted octanol–water partition coefficient (Wildman–Crippen LogP) is 3.87. The molecule has 0 spiro atoms. The first kappa shape index (κ1) is 23.1. The monoisotopic (exact) mass is 440 g/mol. The molecule has 1 aromatic carbocycles. The van der Waals surface area contributed by atoms with Crippen LogP contribution in [0.2, 0.25) is 0 Å². The fourth-order valence-corrected chi connectivity index (χ4v) is 4.60. The van der Waals surface area contributed by atoms with Gasteiger partial charge in [-0.2, -0.15) is 0 Å². The van der Waals surface area contributed by atoms with Crippen molar-refractivity contribution < 1.29 is 9.59 Å². The topological polar surface area (TPSA) is 74.3 Å². The van der Waals surface area contributed by atoms with Gasteiger partial charge in [-0.1, -0.05) is 31.4 Å². The molecule has 1 aliphatic carbocycles. The summed E-state index contributed by atoms with van der Waals surface area (Å²) in [6.07, 6.45) is 8.03. The van der Waals surface area contributed by atoms with Gasteiger partial charge in [-0.05, 0) is 48.6 Å². The van der Waals surface area contributed by atoms with Crippen LogP contribution in [0.3, 0.4) is 0 Å². The summed E-state index contributed by atoms with van der Waals surface area (Å²) in [6, 6.07) is 11.3. The zero-order valence-corrected chi connectivity index (χ0v) is 19.2. The van der Waals surface area contributed by atoms with Gasteiger partial charge in [0.15, 0.2) is 0 Å². The SMILES string of the molecule is CN(C)c1cc(CNC(=O)c2ccccc2SCC(=O)NCC2CCCCC2)ccn1. The lowest BCUT2D eigenvalue weighted by molar-refractivity contribution is -0.118. The number of carbonyl (C=O) groups excluding carboxylic acids is 2. The second-order valence-corrected chi connectivity index (χ2v) is 9.21. The highest BCUT2D eigenvalue weighted by Gasteiger charge is 2.16. The van der Waals surface area contributed by atoms with E-state index in [1.807, 2.05) is 49.3 Å². The molecule has 7 heteroatoms. The Balaban J connectivity index is 1.51. The van der Waals surface area contributed by atoms with E-state index in [0.29, 0.717) is 23.8 Å². The Kier molecular flexibility index (Phi) is 8.76. The van der Waals surface area contributed by atoms with Crippen LogP contribution in [0.4, 0.5) is 5.82 Å². The maximum Gasteiger partial charge on any atom is 0.252 e. The molecule has 2 aromatic rings. The highest BCUT2D eigenvalue weighted by molar-refractivity contribution is 8.00. The van der Waals surface area contributed by atoms with Gasteiger partial charge >= 0.3 is 0 Å².